The summed E-state index contributed by atoms with van der Waals surface area (Å²) >= 11 is 0. The molecule has 0 radical (unpaired) electrons. The van der Waals surface area contributed by atoms with Gasteiger partial charge in [0.25, 0.3) is 0 Å². The maximum Gasteiger partial charge on any atom is 0.309 e. The monoisotopic (exact) mass is 234 g/mol. The molecule has 0 heterocycles. The third kappa shape index (κ3) is 2.28. The number of rotatable bonds is 2. The highest BCUT2D eigenvalue weighted by molar-refractivity contribution is 5.73. The predicted octanol–water partition coefficient (Wildman–Crippen LogP) is 2.28. The number of hydrogen-bond acceptors (Lipinski definition) is 3. The van der Waals surface area contributed by atoms with Crippen LogP contribution in [0, 0.1) is 12.8 Å². The fourth-order valence-electron chi connectivity index (χ4n) is 2.50. The van der Waals surface area contributed by atoms with Gasteiger partial charge in [0.2, 0.25) is 0 Å². The van der Waals surface area contributed by atoms with Crippen LogP contribution in [0.15, 0.2) is 12.1 Å². The Balaban J connectivity index is 2.27. The van der Waals surface area contributed by atoms with Crippen molar-refractivity contribution in [2.45, 2.75) is 26.2 Å². The largest absolute Gasteiger partial charge is 0.496 e. The van der Waals surface area contributed by atoms with E-state index < -0.39 is 0 Å². The second-order valence-corrected chi connectivity index (χ2v) is 4.55. The Bertz CT molecular complexity index is 437. The van der Waals surface area contributed by atoms with Crippen molar-refractivity contribution in [3.63, 3.8) is 0 Å². The van der Waals surface area contributed by atoms with Gasteiger partial charge in [-0.25, -0.2) is 0 Å². The third-order valence-electron chi connectivity index (χ3n) is 3.48. The van der Waals surface area contributed by atoms with Crippen molar-refractivity contribution in [3.8, 4) is 5.75 Å². The highest BCUT2D eigenvalue weighted by Gasteiger charge is 2.25. The average molecular weight is 234 g/mol. The number of benzene rings is 1. The van der Waals surface area contributed by atoms with Crippen LogP contribution >= 0.6 is 0 Å². The normalized spacial score (nSPS) is 18.4. The number of carbonyl (C=O) groups is 1. The Labute approximate surface area is 102 Å². The molecular formula is C14H18O3. The Morgan fingerprint density at radius 3 is 2.71 bits per heavy atom. The van der Waals surface area contributed by atoms with Gasteiger partial charge in [0.15, 0.2) is 0 Å². The van der Waals surface area contributed by atoms with Gasteiger partial charge < -0.3 is 9.47 Å². The van der Waals surface area contributed by atoms with E-state index in [0.717, 1.165) is 30.6 Å². The van der Waals surface area contributed by atoms with Gasteiger partial charge in [0.05, 0.1) is 20.1 Å². The first-order chi connectivity index (χ1) is 8.15. The SMILES string of the molecule is COC(=O)C1CCc2cc(OC)c(C)cc2C1. The van der Waals surface area contributed by atoms with Crippen LogP contribution in [0.4, 0.5) is 0 Å². The number of hydrogen-bond donors (Lipinski definition) is 0. The lowest BCUT2D eigenvalue weighted by molar-refractivity contribution is -0.145. The molecule has 0 aromatic heterocycles. The van der Waals surface area contributed by atoms with Gasteiger partial charge in [-0.05, 0) is 48.9 Å². The lowest BCUT2D eigenvalue weighted by Gasteiger charge is -2.23. The van der Waals surface area contributed by atoms with Crippen molar-refractivity contribution in [2.24, 2.45) is 5.92 Å². The first-order valence-electron chi connectivity index (χ1n) is 5.90. The summed E-state index contributed by atoms with van der Waals surface area (Å²) in [6.07, 6.45) is 2.57. The summed E-state index contributed by atoms with van der Waals surface area (Å²) < 4.78 is 10.1. The molecule has 1 unspecified atom stereocenters. The molecule has 0 fully saturated rings. The van der Waals surface area contributed by atoms with Crippen molar-refractivity contribution < 1.29 is 14.3 Å². The standard InChI is InChI=1S/C14H18O3/c1-9-6-12-7-11(14(15)17-3)5-4-10(12)8-13(9)16-2/h6,8,11H,4-5,7H2,1-3H3. The van der Waals surface area contributed by atoms with Crippen LogP contribution in [-0.2, 0) is 22.4 Å². The molecule has 3 heteroatoms. The number of esters is 1. The van der Waals surface area contributed by atoms with E-state index >= 15 is 0 Å². The molecule has 0 spiro atoms. The van der Waals surface area contributed by atoms with E-state index in [2.05, 4.69) is 12.1 Å². The van der Waals surface area contributed by atoms with Crippen LogP contribution in [-0.4, -0.2) is 20.2 Å². The molecule has 1 atom stereocenters. The maximum atomic E-state index is 11.5. The van der Waals surface area contributed by atoms with E-state index in [0.29, 0.717) is 0 Å². The van der Waals surface area contributed by atoms with Gasteiger partial charge in [-0.15, -0.1) is 0 Å². The molecule has 0 aliphatic heterocycles. The molecule has 1 aliphatic carbocycles. The smallest absolute Gasteiger partial charge is 0.309 e. The second-order valence-electron chi connectivity index (χ2n) is 4.55. The first kappa shape index (κ1) is 12.0. The third-order valence-corrected chi connectivity index (χ3v) is 3.48. The summed E-state index contributed by atoms with van der Waals surface area (Å²) in [5.74, 6) is 0.852. The number of ether oxygens (including phenoxy) is 2. The highest BCUT2D eigenvalue weighted by Crippen LogP contribution is 2.31. The maximum absolute atomic E-state index is 11.5. The van der Waals surface area contributed by atoms with Crippen LogP contribution in [0.1, 0.15) is 23.1 Å². The molecule has 0 N–H and O–H groups in total. The molecule has 92 valence electrons. The summed E-state index contributed by atoms with van der Waals surface area (Å²) in [5.41, 5.74) is 3.68. The molecule has 3 nitrogen and oxygen atoms in total. The van der Waals surface area contributed by atoms with Gasteiger partial charge in [0, 0.05) is 0 Å². The molecule has 17 heavy (non-hydrogen) atoms. The van der Waals surface area contributed by atoms with Crippen LogP contribution in [0.2, 0.25) is 0 Å². The molecule has 0 saturated heterocycles. The molecule has 0 saturated carbocycles. The van der Waals surface area contributed by atoms with E-state index in [-0.39, 0.29) is 11.9 Å². The Kier molecular flexibility index (Phi) is 3.36. The second kappa shape index (κ2) is 4.78. The van der Waals surface area contributed by atoms with Crippen molar-refractivity contribution in [3.05, 3.63) is 28.8 Å². The van der Waals surface area contributed by atoms with Gasteiger partial charge >= 0.3 is 5.97 Å². The van der Waals surface area contributed by atoms with Crippen molar-refractivity contribution in [1.29, 1.82) is 0 Å². The Hall–Kier alpha value is -1.51. The number of carbonyl (C=O) groups excluding carboxylic acids is 1. The topological polar surface area (TPSA) is 35.5 Å². The van der Waals surface area contributed by atoms with Gasteiger partial charge in [-0.1, -0.05) is 6.07 Å². The first-order valence-corrected chi connectivity index (χ1v) is 5.90. The average Bonchev–Trinajstić information content (AvgIpc) is 2.36. The van der Waals surface area contributed by atoms with Gasteiger partial charge in [-0.3, -0.25) is 4.79 Å². The molecule has 1 aromatic rings. The van der Waals surface area contributed by atoms with Crippen molar-refractivity contribution in [2.75, 3.05) is 14.2 Å². The molecule has 2 rings (SSSR count). The van der Waals surface area contributed by atoms with E-state index in [4.69, 9.17) is 9.47 Å². The van der Waals surface area contributed by atoms with Crippen LogP contribution in [0.25, 0.3) is 0 Å². The molecular weight excluding hydrogens is 216 g/mol. The van der Waals surface area contributed by atoms with E-state index in [1.165, 1.54) is 18.2 Å². The fraction of sp³-hybridized carbons (Fsp3) is 0.500. The minimum Gasteiger partial charge on any atom is -0.496 e. The number of fused-ring (bicyclic) bond motifs is 1. The van der Waals surface area contributed by atoms with Crippen molar-refractivity contribution in [1.82, 2.24) is 0 Å². The summed E-state index contributed by atoms with van der Waals surface area (Å²) in [6.45, 7) is 2.03. The quantitative estimate of drug-likeness (QED) is 0.736. The van der Waals surface area contributed by atoms with Crippen LogP contribution < -0.4 is 4.74 Å². The number of methoxy groups -OCH3 is 2. The molecule has 1 aromatic carbocycles. The molecule has 1 aliphatic rings. The lowest BCUT2D eigenvalue weighted by Crippen LogP contribution is -2.23. The molecule has 0 amide bonds. The van der Waals surface area contributed by atoms with Gasteiger partial charge in [-0.2, -0.15) is 0 Å². The lowest BCUT2D eigenvalue weighted by atomic mass is 9.83. The minimum absolute atomic E-state index is 0.0142. The Morgan fingerprint density at radius 2 is 2.06 bits per heavy atom. The number of aryl methyl sites for hydroxylation is 2. The summed E-state index contributed by atoms with van der Waals surface area (Å²) in [6, 6.07) is 4.22. The molecule has 0 bridgehead atoms. The minimum atomic E-state index is -0.0934. The van der Waals surface area contributed by atoms with Crippen molar-refractivity contribution >= 4 is 5.97 Å². The zero-order chi connectivity index (χ0) is 12.4. The fourth-order valence-corrected chi connectivity index (χ4v) is 2.50. The summed E-state index contributed by atoms with van der Waals surface area (Å²) in [7, 11) is 3.14. The summed E-state index contributed by atoms with van der Waals surface area (Å²) in [4.78, 5) is 11.5. The van der Waals surface area contributed by atoms with Crippen LogP contribution in [0.5, 0.6) is 5.75 Å². The predicted molar refractivity (Wildman–Crippen MR) is 65.3 cm³/mol. The highest BCUT2D eigenvalue weighted by atomic mass is 16.5. The van der Waals surface area contributed by atoms with Crippen LogP contribution in [0.3, 0.4) is 0 Å². The van der Waals surface area contributed by atoms with E-state index in [1.807, 2.05) is 6.92 Å². The van der Waals surface area contributed by atoms with E-state index in [1.54, 1.807) is 7.11 Å². The van der Waals surface area contributed by atoms with Gasteiger partial charge in [0.1, 0.15) is 5.75 Å². The zero-order valence-electron chi connectivity index (χ0n) is 10.6. The van der Waals surface area contributed by atoms with E-state index in [9.17, 15) is 4.79 Å². The zero-order valence-corrected chi connectivity index (χ0v) is 10.6. The Morgan fingerprint density at radius 1 is 1.29 bits per heavy atom. The summed E-state index contributed by atoms with van der Waals surface area (Å²) in [5, 5.41) is 0.